The SMILES string of the molecule is c1ccc2cc3c(cc2c1)c1cc2oc4ccccc4c2cc1n3-c1ccc(-c2ccc3sc4ccccc4c3c2)cc1. The molecule has 0 amide bonds. The van der Waals surface area contributed by atoms with Gasteiger partial charge in [0.25, 0.3) is 0 Å². The molecule has 0 bridgehead atoms. The minimum Gasteiger partial charge on any atom is -0.456 e. The van der Waals surface area contributed by atoms with Crippen molar-refractivity contribution in [3.63, 3.8) is 0 Å². The first-order valence-corrected chi connectivity index (χ1v) is 15.4. The lowest BCUT2D eigenvalue weighted by Gasteiger charge is -2.10. The second-order valence-electron chi connectivity index (χ2n) is 11.4. The van der Waals surface area contributed by atoms with Crippen LogP contribution >= 0.6 is 11.3 Å². The van der Waals surface area contributed by atoms with Crippen molar-refractivity contribution in [2.75, 3.05) is 0 Å². The van der Waals surface area contributed by atoms with Crippen molar-refractivity contribution in [1.29, 1.82) is 0 Å². The summed E-state index contributed by atoms with van der Waals surface area (Å²) in [7, 11) is 0. The van der Waals surface area contributed by atoms with Crippen molar-refractivity contribution >= 4 is 86.0 Å². The van der Waals surface area contributed by atoms with Crippen molar-refractivity contribution in [3.05, 3.63) is 140 Å². The highest BCUT2D eigenvalue weighted by atomic mass is 32.1. The number of hydrogen-bond acceptors (Lipinski definition) is 2. The normalized spacial score (nSPS) is 12.2. The maximum absolute atomic E-state index is 6.32. The fourth-order valence-corrected chi connectivity index (χ4v) is 7.99. The molecule has 0 saturated heterocycles. The summed E-state index contributed by atoms with van der Waals surface area (Å²) in [5.41, 5.74) is 7.83. The first-order chi connectivity index (χ1) is 21.3. The Bertz CT molecular complexity index is 2720. The molecule has 0 aliphatic carbocycles. The Morgan fingerprint density at radius 3 is 1.98 bits per heavy atom. The van der Waals surface area contributed by atoms with Crippen LogP contribution in [0, 0.1) is 0 Å². The lowest BCUT2D eigenvalue weighted by atomic mass is 10.0. The first kappa shape index (κ1) is 23.2. The lowest BCUT2D eigenvalue weighted by Crippen LogP contribution is -1.94. The van der Waals surface area contributed by atoms with Crippen LogP contribution in [0.4, 0.5) is 0 Å². The summed E-state index contributed by atoms with van der Waals surface area (Å²) in [5, 5.41) is 9.86. The molecule has 10 aromatic rings. The fraction of sp³-hybridized carbons (Fsp3) is 0. The van der Waals surface area contributed by atoms with E-state index in [4.69, 9.17) is 4.42 Å². The monoisotopic (exact) mass is 565 g/mol. The van der Waals surface area contributed by atoms with Gasteiger partial charge in [0.1, 0.15) is 11.2 Å². The van der Waals surface area contributed by atoms with Crippen LogP contribution in [0.25, 0.3) is 91.5 Å². The minimum absolute atomic E-state index is 0.922. The third kappa shape index (κ3) is 3.34. The molecule has 0 aliphatic rings. The molecule has 3 heterocycles. The topological polar surface area (TPSA) is 18.1 Å². The van der Waals surface area contributed by atoms with Crippen molar-refractivity contribution in [3.8, 4) is 16.8 Å². The molecule has 10 rings (SSSR count). The second-order valence-corrected chi connectivity index (χ2v) is 12.5. The van der Waals surface area contributed by atoms with Crippen molar-refractivity contribution in [2.45, 2.75) is 0 Å². The maximum atomic E-state index is 6.32. The van der Waals surface area contributed by atoms with Gasteiger partial charge >= 0.3 is 0 Å². The lowest BCUT2D eigenvalue weighted by molar-refractivity contribution is 0.669. The number of thiophene rings is 1. The van der Waals surface area contributed by atoms with E-state index in [2.05, 4.69) is 138 Å². The van der Waals surface area contributed by atoms with Crippen molar-refractivity contribution in [2.24, 2.45) is 0 Å². The average Bonchev–Trinajstić information content (AvgIpc) is 3.71. The summed E-state index contributed by atoms with van der Waals surface area (Å²) < 4.78 is 11.4. The first-order valence-electron chi connectivity index (χ1n) is 14.6. The number of para-hydroxylation sites is 1. The molecule has 3 aromatic heterocycles. The molecule has 0 aliphatic heterocycles. The molecule has 2 nitrogen and oxygen atoms in total. The van der Waals surface area contributed by atoms with Crippen LogP contribution in [0.1, 0.15) is 0 Å². The Morgan fingerprint density at radius 2 is 1.09 bits per heavy atom. The van der Waals surface area contributed by atoms with E-state index in [9.17, 15) is 0 Å². The van der Waals surface area contributed by atoms with Gasteiger partial charge in [-0.3, -0.25) is 0 Å². The van der Waals surface area contributed by atoms with Crippen LogP contribution in [0.5, 0.6) is 0 Å². The van der Waals surface area contributed by atoms with Crippen LogP contribution in [0.15, 0.2) is 144 Å². The Balaban J connectivity index is 1.21. The maximum Gasteiger partial charge on any atom is 0.136 e. The summed E-state index contributed by atoms with van der Waals surface area (Å²) in [5.74, 6) is 0. The van der Waals surface area contributed by atoms with Crippen LogP contribution in [-0.4, -0.2) is 4.57 Å². The molecule has 43 heavy (non-hydrogen) atoms. The Labute approximate surface area is 250 Å². The summed E-state index contributed by atoms with van der Waals surface area (Å²) >= 11 is 1.86. The highest BCUT2D eigenvalue weighted by Gasteiger charge is 2.17. The van der Waals surface area contributed by atoms with Gasteiger partial charge in [-0.2, -0.15) is 0 Å². The molecule has 0 radical (unpaired) electrons. The fourth-order valence-electron chi connectivity index (χ4n) is 6.91. The van der Waals surface area contributed by atoms with Crippen molar-refractivity contribution < 1.29 is 4.42 Å². The summed E-state index contributed by atoms with van der Waals surface area (Å²) in [6.45, 7) is 0. The van der Waals surface area contributed by atoms with E-state index in [0.29, 0.717) is 0 Å². The van der Waals surface area contributed by atoms with Crippen LogP contribution in [0.3, 0.4) is 0 Å². The Hall–Kier alpha value is -5.38. The largest absolute Gasteiger partial charge is 0.456 e. The predicted molar refractivity (Wildman–Crippen MR) is 184 cm³/mol. The number of aromatic nitrogens is 1. The number of fused-ring (bicyclic) bond motifs is 10. The van der Waals surface area contributed by atoms with Gasteiger partial charge in [-0.15, -0.1) is 11.3 Å². The van der Waals surface area contributed by atoms with Gasteiger partial charge in [0.05, 0.1) is 11.0 Å². The van der Waals surface area contributed by atoms with E-state index >= 15 is 0 Å². The molecule has 7 aromatic carbocycles. The number of furan rings is 1. The highest BCUT2D eigenvalue weighted by Crippen LogP contribution is 2.40. The van der Waals surface area contributed by atoms with Gasteiger partial charge < -0.3 is 8.98 Å². The Kier molecular flexibility index (Phi) is 4.63. The number of rotatable bonds is 2. The molecule has 0 atom stereocenters. The van der Waals surface area contributed by atoms with Gasteiger partial charge in [-0.1, -0.05) is 78.9 Å². The molecule has 0 unspecified atom stereocenters. The average molecular weight is 566 g/mol. The summed E-state index contributed by atoms with van der Waals surface area (Å²) in [6, 6.07) is 50.7. The van der Waals surface area contributed by atoms with E-state index in [1.807, 2.05) is 17.4 Å². The zero-order valence-corrected chi connectivity index (χ0v) is 23.9. The number of benzene rings is 7. The zero-order chi connectivity index (χ0) is 28.1. The predicted octanol–water partition coefficient (Wildman–Crippen LogP) is 11.9. The van der Waals surface area contributed by atoms with Crippen molar-refractivity contribution in [1.82, 2.24) is 4.57 Å². The van der Waals surface area contributed by atoms with E-state index in [1.54, 1.807) is 0 Å². The smallest absolute Gasteiger partial charge is 0.136 e. The third-order valence-corrected chi connectivity index (χ3v) is 10.1. The molecule has 0 N–H and O–H groups in total. The van der Waals surface area contributed by atoms with Crippen LogP contribution < -0.4 is 0 Å². The van der Waals surface area contributed by atoms with Gasteiger partial charge in [0.2, 0.25) is 0 Å². The standard InChI is InChI=1S/C40H23NOS/c1-2-8-26-21-35-31(19-25(26)7-1)32-23-38-33(29-9-3-5-11-37(29)42-38)22-36(32)41(35)28-16-13-24(14-17-28)27-15-18-40-34(20-27)30-10-4-6-12-39(30)43-40/h1-23H. The quantitative estimate of drug-likeness (QED) is 0.204. The molecule has 0 spiro atoms. The highest BCUT2D eigenvalue weighted by molar-refractivity contribution is 7.25. The van der Waals surface area contributed by atoms with E-state index in [1.165, 1.54) is 63.9 Å². The van der Waals surface area contributed by atoms with E-state index in [-0.39, 0.29) is 0 Å². The van der Waals surface area contributed by atoms with Gasteiger partial charge in [-0.25, -0.2) is 0 Å². The summed E-state index contributed by atoms with van der Waals surface area (Å²) in [6.07, 6.45) is 0. The number of hydrogen-bond donors (Lipinski definition) is 0. The molecule has 3 heteroatoms. The van der Waals surface area contributed by atoms with Crippen LogP contribution in [0.2, 0.25) is 0 Å². The van der Waals surface area contributed by atoms with Crippen LogP contribution in [-0.2, 0) is 0 Å². The zero-order valence-electron chi connectivity index (χ0n) is 23.0. The Morgan fingerprint density at radius 1 is 0.419 bits per heavy atom. The van der Waals surface area contributed by atoms with Gasteiger partial charge in [0, 0.05) is 47.4 Å². The molecule has 200 valence electrons. The molecule has 0 fully saturated rings. The second kappa shape index (κ2) is 8.57. The van der Waals surface area contributed by atoms with E-state index < -0.39 is 0 Å². The molecular weight excluding hydrogens is 543 g/mol. The molecule has 0 saturated carbocycles. The number of nitrogens with zero attached hydrogens (tertiary/aromatic N) is 1. The molecular formula is C40H23NOS. The summed E-state index contributed by atoms with van der Waals surface area (Å²) in [4.78, 5) is 0. The van der Waals surface area contributed by atoms with Gasteiger partial charge in [-0.05, 0) is 82.6 Å². The minimum atomic E-state index is 0.922. The van der Waals surface area contributed by atoms with Gasteiger partial charge in [0.15, 0.2) is 0 Å². The van der Waals surface area contributed by atoms with E-state index in [0.717, 1.165) is 27.6 Å². The third-order valence-electron chi connectivity index (χ3n) is 8.97.